The van der Waals surface area contributed by atoms with E-state index in [4.69, 9.17) is 5.73 Å². The third-order valence-corrected chi connectivity index (χ3v) is 1.77. The minimum absolute atomic E-state index is 0.533. The maximum atomic E-state index is 5.74. The minimum Gasteiger partial charge on any atom is -0.396 e. The number of hydrogen-bond acceptors (Lipinski definition) is 5. The molecule has 5 heteroatoms. The first-order valence-electron chi connectivity index (χ1n) is 4.12. The summed E-state index contributed by atoms with van der Waals surface area (Å²) in [4.78, 5) is 16.0. The normalized spacial score (nSPS) is 10.1. The largest absolute Gasteiger partial charge is 0.396 e. The average Bonchev–Trinajstić information content (AvgIpc) is 2.23. The van der Waals surface area contributed by atoms with Crippen LogP contribution in [0.15, 0.2) is 24.9 Å². The predicted molar refractivity (Wildman–Crippen MR) is 52.2 cm³/mol. The van der Waals surface area contributed by atoms with Gasteiger partial charge in [0.25, 0.3) is 0 Å². The molecule has 2 rings (SSSR count). The summed E-state index contributed by atoms with van der Waals surface area (Å²) in [7, 11) is 0. The van der Waals surface area contributed by atoms with Crippen LogP contribution in [0, 0.1) is 6.92 Å². The van der Waals surface area contributed by atoms with Crippen molar-refractivity contribution in [3.8, 4) is 11.3 Å². The zero-order chi connectivity index (χ0) is 9.97. The van der Waals surface area contributed by atoms with Crippen LogP contribution in [0.5, 0.6) is 0 Å². The number of nitrogen functional groups attached to an aromatic ring is 1. The molecular weight excluding hydrogens is 178 g/mol. The Bertz CT molecular complexity index is 440. The second kappa shape index (κ2) is 3.37. The van der Waals surface area contributed by atoms with E-state index < -0.39 is 0 Å². The number of nitrogens with two attached hydrogens (primary N) is 1. The van der Waals surface area contributed by atoms with Crippen LogP contribution in [0.2, 0.25) is 0 Å². The van der Waals surface area contributed by atoms with E-state index in [1.54, 1.807) is 18.6 Å². The Hall–Kier alpha value is -2.04. The van der Waals surface area contributed by atoms with Crippen molar-refractivity contribution in [1.29, 1.82) is 0 Å². The van der Waals surface area contributed by atoms with E-state index in [-0.39, 0.29) is 0 Å². The third-order valence-electron chi connectivity index (χ3n) is 1.77. The number of hydrogen-bond donors (Lipinski definition) is 1. The Morgan fingerprint density at radius 3 is 2.57 bits per heavy atom. The summed E-state index contributed by atoms with van der Waals surface area (Å²) in [6.07, 6.45) is 6.40. The number of aromatic nitrogens is 4. The summed E-state index contributed by atoms with van der Waals surface area (Å²) >= 11 is 0. The van der Waals surface area contributed by atoms with Crippen molar-refractivity contribution in [2.24, 2.45) is 0 Å². The van der Waals surface area contributed by atoms with Gasteiger partial charge in [0.15, 0.2) is 0 Å². The van der Waals surface area contributed by atoms with Gasteiger partial charge in [-0.05, 0) is 6.92 Å². The Labute approximate surface area is 81.1 Å². The molecular formula is C9H9N5. The lowest BCUT2D eigenvalue weighted by Crippen LogP contribution is -1.98. The number of anilines is 1. The molecule has 2 N–H and O–H groups in total. The number of nitrogens with zero attached hydrogens (tertiary/aromatic N) is 4. The van der Waals surface area contributed by atoms with Gasteiger partial charge in [-0.2, -0.15) is 0 Å². The number of rotatable bonds is 1. The van der Waals surface area contributed by atoms with Crippen LogP contribution in [-0.4, -0.2) is 19.9 Å². The van der Waals surface area contributed by atoms with E-state index in [1.165, 1.54) is 6.33 Å². The first-order chi connectivity index (χ1) is 6.77. The van der Waals surface area contributed by atoms with E-state index in [9.17, 15) is 0 Å². The lowest BCUT2D eigenvalue weighted by Gasteiger charge is -2.03. The van der Waals surface area contributed by atoms with Crippen LogP contribution < -0.4 is 5.73 Å². The fraction of sp³-hybridized carbons (Fsp3) is 0.111. The third kappa shape index (κ3) is 1.52. The maximum absolute atomic E-state index is 5.74. The van der Waals surface area contributed by atoms with E-state index in [0.29, 0.717) is 17.2 Å². The van der Waals surface area contributed by atoms with Crippen molar-refractivity contribution in [1.82, 2.24) is 19.9 Å². The van der Waals surface area contributed by atoms with Gasteiger partial charge in [-0.25, -0.2) is 19.9 Å². The lowest BCUT2D eigenvalue weighted by molar-refractivity contribution is 1.05. The molecule has 0 unspecified atom stereocenters. The highest BCUT2D eigenvalue weighted by Crippen LogP contribution is 2.20. The first kappa shape index (κ1) is 8.55. The summed E-state index contributed by atoms with van der Waals surface area (Å²) in [5.74, 6) is 0.679. The Kier molecular flexibility index (Phi) is 2.06. The Balaban J connectivity index is 2.57. The van der Waals surface area contributed by atoms with Gasteiger partial charge in [-0.3, -0.25) is 0 Å². The molecule has 70 valence electrons. The quantitative estimate of drug-likeness (QED) is 0.715. The molecule has 0 spiro atoms. The van der Waals surface area contributed by atoms with Gasteiger partial charge in [0.05, 0.1) is 17.6 Å². The monoisotopic (exact) mass is 187 g/mol. The smallest absolute Gasteiger partial charge is 0.126 e. The lowest BCUT2D eigenvalue weighted by atomic mass is 10.2. The minimum atomic E-state index is 0.533. The SMILES string of the molecule is Cc1ncc(N)c(-c2cncnc2)n1. The highest BCUT2D eigenvalue weighted by molar-refractivity contribution is 5.70. The van der Waals surface area contributed by atoms with Gasteiger partial charge < -0.3 is 5.73 Å². The average molecular weight is 187 g/mol. The molecule has 2 aromatic rings. The Morgan fingerprint density at radius 2 is 1.86 bits per heavy atom. The van der Waals surface area contributed by atoms with Crippen molar-refractivity contribution in [3.05, 3.63) is 30.7 Å². The van der Waals surface area contributed by atoms with Crippen molar-refractivity contribution in [2.75, 3.05) is 5.73 Å². The van der Waals surface area contributed by atoms with Crippen LogP contribution in [0.3, 0.4) is 0 Å². The molecule has 0 atom stereocenters. The van der Waals surface area contributed by atoms with Crippen molar-refractivity contribution >= 4 is 5.69 Å². The predicted octanol–water partition coefficient (Wildman–Crippen LogP) is 0.824. The molecule has 0 aromatic carbocycles. The zero-order valence-corrected chi connectivity index (χ0v) is 7.68. The highest BCUT2D eigenvalue weighted by atomic mass is 14.9. The molecule has 0 bridgehead atoms. The van der Waals surface area contributed by atoms with Gasteiger partial charge in [0, 0.05) is 18.0 Å². The molecule has 0 saturated heterocycles. The summed E-state index contributed by atoms with van der Waals surface area (Å²) < 4.78 is 0. The van der Waals surface area contributed by atoms with Crippen molar-refractivity contribution in [2.45, 2.75) is 6.92 Å². The summed E-state index contributed by atoms with van der Waals surface area (Å²) in [6, 6.07) is 0. The molecule has 0 aliphatic heterocycles. The maximum Gasteiger partial charge on any atom is 0.126 e. The van der Waals surface area contributed by atoms with Gasteiger partial charge in [0.1, 0.15) is 12.2 Å². The fourth-order valence-corrected chi connectivity index (χ4v) is 1.13. The van der Waals surface area contributed by atoms with Crippen molar-refractivity contribution < 1.29 is 0 Å². The van der Waals surface area contributed by atoms with Crippen LogP contribution in [0.25, 0.3) is 11.3 Å². The Morgan fingerprint density at radius 1 is 1.14 bits per heavy atom. The van der Waals surface area contributed by atoms with Gasteiger partial charge in [-0.15, -0.1) is 0 Å². The van der Waals surface area contributed by atoms with E-state index in [0.717, 1.165) is 5.56 Å². The molecule has 14 heavy (non-hydrogen) atoms. The van der Waals surface area contributed by atoms with E-state index in [1.807, 2.05) is 6.92 Å². The molecule has 0 fully saturated rings. The standard InChI is InChI=1S/C9H9N5/c1-6-13-4-8(10)9(14-6)7-2-11-5-12-3-7/h2-5H,10H2,1H3. The van der Waals surface area contributed by atoms with Crippen LogP contribution in [-0.2, 0) is 0 Å². The second-order valence-electron chi connectivity index (χ2n) is 2.85. The van der Waals surface area contributed by atoms with E-state index >= 15 is 0 Å². The topological polar surface area (TPSA) is 77.6 Å². The summed E-state index contributed by atoms with van der Waals surface area (Å²) in [5, 5.41) is 0. The van der Waals surface area contributed by atoms with Crippen molar-refractivity contribution in [3.63, 3.8) is 0 Å². The van der Waals surface area contributed by atoms with E-state index in [2.05, 4.69) is 19.9 Å². The molecule has 0 amide bonds. The molecule has 0 saturated carbocycles. The zero-order valence-electron chi connectivity index (χ0n) is 7.68. The van der Waals surface area contributed by atoms with Crippen LogP contribution in [0.1, 0.15) is 5.82 Å². The second-order valence-corrected chi connectivity index (χ2v) is 2.85. The molecule has 5 nitrogen and oxygen atoms in total. The molecule has 0 aliphatic carbocycles. The van der Waals surface area contributed by atoms with Gasteiger partial charge in [0.2, 0.25) is 0 Å². The molecule has 2 heterocycles. The summed E-state index contributed by atoms with van der Waals surface area (Å²) in [6.45, 7) is 1.81. The fourth-order valence-electron chi connectivity index (χ4n) is 1.13. The molecule has 0 aliphatic rings. The van der Waals surface area contributed by atoms with Crippen LogP contribution >= 0.6 is 0 Å². The number of aryl methyl sites for hydroxylation is 1. The van der Waals surface area contributed by atoms with Crippen LogP contribution in [0.4, 0.5) is 5.69 Å². The first-order valence-corrected chi connectivity index (χ1v) is 4.12. The highest BCUT2D eigenvalue weighted by Gasteiger charge is 2.05. The molecule has 2 aromatic heterocycles. The van der Waals surface area contributed by atoms with Gasteiger partial charge >= 0.3 is 0 Å². The summed E-state index contributed by atoms with van der Waals surface area (Å²) in [5.41, 5.74) is 7.75. The van der Waals surface area contributed by atoms with Gasteiger partial charge in [-0.1, -0.05) is 0 Å². The molecule has 0 radical (unpaired) electrons.